The van der Waals surface area contributed by atoms with E-state index in [-0.39, 0.29) is 10.7 Å². The van der Waals surface area contributed by atoms with Crippen LogP contribution >= 0.6 is 11.3 Å². The summed E-state index contributed by atoms with van der Waals surface area (Å²) in [5, 5.41) is 13.6. The Morgan fingerprint density at radius 2 is 2.00 bits per heavy atom. The minimum atomic E-state index is -1.02. The Balaban J connectivity index is 1.56. The van der Waals surface area contributed by atoms with Crippen molar-refractivity contribution in [3.05, 3.63) is 58.5 Å². The number of ether oxygens (including phenoxy) is 2. The van der Waals surface area contributed by atoms with Gasteiger partial charge < -0.3 is 24.5 Å². The zero-order chi connectivity index (χ0) is 24.4. The van der Waals surface area contributed by atoms with Crippen LogP contribution in [0.3, 0.4) is 0 Å². The molecule has 3 heterocycles. The van der Waals surface area contributed by atoms with Crippen molar-refractivity contribution in [2.45, 2.75) is 27.3 Å². The lowest BCUT2D eigenvalue weighted by Gasteiger charge is -2.12. The highest BCUT2D eigenvalue weighted by molar-refractivity contribution is 7.17. The van der Waals surface area contributed by atoms with E-state index in [1.807, 2.05) is 43.5 Å². The molecule has 0 fully saturated rings. The molecule has 34 heavy (non-hydrogen) atoms. The summed E-state index contributed by atoms with van der Waals surface area (Å²) in [6.07, 6.45) is 0. The topological polar surface area (TPSA) is 85.6 Å². The van der Waals surface area contributed by atoms with Crippen LogP contribution in [0.5, 0.6) is 11.5 Å². The van der Waals surface area contributed by atoms with Gasteiger partial charge in [0.1, 0.15) is 17.3 Å². The van der Waals surface area contributed by atoms with E-state index in [9.17, 15) is 14.3 Å². The Bertz CT molecular complexity index is 1360. The number of halogens is 1. The van der Waals surface area contributed by atoms with Gasteiger partial charge in [-0.1, -0.05) is 0 Å². The molecule has 0 aliphatic rings. The lowest BCUT2D eigenvalue weighted by Crippen LogP contribution is -2.12. The number of fused-ring (bicyclic) bond motifs is 1. The molecule has 1 aromatic carbocycles. The molecule has 7 nitrogen and oxygen atoms in total. The van der Waals surface area contributed by atoms with Crippen molar-refractivity contribution in [3.63, 3.8) is 0 Å². The van der Waals surface area contributed by atoms with E-state index in [1.54, 1.807) is 19.2 Å². The maximum atomic E-state index is 14.6. The van der Waals surface area contributed by atoms with Crippen molar-refractivity contribution in [1.82, 2.24) is 9.55 Å². The van der Waals surface area contributed by atoms with Crippen molar-refractivity contribution in [2.24, 2.45) is 0 Å². The summed E-state index contributed by atoms with van der Waals surface area (Å²) in [6.45, 7) is 7.12. The van der Waals surface area contributed by atoms with Gasteiger partial charge >= 0.3 is 5.97 Å². The third kappa shape index (κ3) is 4.56. The van der Waals surface area contributed by atoms with Crippen molar-refractivity contribution < 1.29 is 23.8 Å². The highest BCUT2D eigenvalue weighted by Gasteiger charge is 2.19. The number of hydrogen-bond donors (Lipinski definition) is 2. The molecule has 9 heteroatoms. The molecule has 2 N–H and O–H groups in total. The van der Waals surface area contributed by atoms with E-state index in [4.69, 9.17) is 9.47 Å². The second-order valence-corrected chi connectivity index (χ2v) is 8.85. The van der Waals surface area contributed by atoms with Crippen LogP contribution in [0.25, 0.3) is 21.5 Å². The molecule has 0 radical (unpaired) electrons. The van der Waals surface area contributed by atoms with Gasteiger partial charge in [0.15, 0.2) is 4.88 Å². The van der Waals surface area contributed by atoms with E-state index >= 15 is 0 Å². The van der Waals surface area contributed by atoms with Crippen LogP contribution < -0.4 is 14.8 Å². The van der Waals surface area contributed by atoms with Crippen molar-refractivity contribution in [3.8, 4) is 22.1 Å². The molecule has 0 bridgehead atoms. The number of benzene rings is 1. The molecule has 0 amide bonds. The fraction of sp³-hybridized carbons (Fsp3) is 0.280. The van der Waals surface area contributed by atoms with Crippen LogP contribution in [-0.4, -0.2) is 40.9 Å². The van der Waals surface area contributed by atoms with Gasteiger partial charge in [0.05, 0.1) is 29.8 Å². The first-order valence-corrected chi connectivity index (χ1v) is 11.7. The Hall–Kier alpha value is -3.59. The standard InChI is InChI=1S/C25H26FN3O4S/c1-5-33-21-13-22(34-24(21)25(30)31)19-12-16(10-14(2)28-19)27-8-9-29-15(3)11-17-20(32-4)7-6-18(26)23(17)29/h6-7,10-13H,5,8-9H2,1-4H3,(H,27,28)(H,30,31). The van der Waals surface area contributed by atoms with Gasteiger partial charge in [0.25, 0.3) is 0 Å². The average Bonchev–Trinajstić information content (AvgIpc) is 3.36. The van der Waals surface area contributed by atoms with Crippen LogP contribution in [0.1, 0.15) is 28.0 Å². The predicted molar refractivity (Wildman–Crippen MR) is 132 cm³/mol. The Morgan fingerprint density at radius 3 is 2.71 bits per heavy atom. The van der Waals surface area contributed by atoms with Crippen LogP contribution in [0, 0.1) is 19.7 Å². The van der Waals surface area contributed by atoms with Crippen molar-refractivity contribution in [2.75, 3.05) is 25.6 Å². The molecule has 4 rings (SSSR count). The average molecular weight is 484 g/mol. The number of nitrogens with one attached hydrogen (secondary N) is 1. The van der Waals surface area contributed by atoms with Crippen LogP contribution in [0.2, 0.25) is 0 Å². The van der Waals surface area contributed by atoms with Gasteiger partial charge in [-0.05, 0) is 51.1 Å². The predicted octanol–water partition coefficient (Wildman–Crippen LogP) is 5.74. The van der Waals surface area contributed by atoms with Gasteiger partial charge in [-0.15, -0.1) is 11.3 Å². The molecule has 0 unspecified atom stereocenters. The molecule has 0 aliphatic carbocycles. The fourth-order valence-corrected chi connectivity index (χ4v) is 4.93. The molecule has 0 aliphatic heterocycles. The second kappa shape index (κ2) is 9.72. The van der Waals surface area contributed by atoms with E-state index in [0.717, 1.165) is 33.8 Å². The SMILES string of the molecule is CCOc1cc(-c2cc(NCCn3c(C)cc4c(OC)ccc(F)c43)cc(C)n2)sc1C(=O)O. The van der Waals surface area contributed by atoms with Gasteiger partial charge in [0, 0.05) is 41.6 Å². The number of methoxy groups -OCH3 is 1. The smallest absolute Gasteiger partial charge is 0.349 e. The fourth-order valence-electron chi connectivity index (χ4n) is 4.03. The number of hydrogen-bond acceptors (Lipinski definition) is 6. The number of carboxylic acid groups (broad SMARTS) is 1. The zero-order valence-electron chi connectivity index (χ0n) is 19.4. The van der Waals surface area contributed by atoms with Gasteiger partial charge in [-0.25, -0.2) is 9.18 Å². The number of carboxylic acids is 1. The molecule has 3 aromatic heterocycles. The van der Waals surface area contributed by atoms with Crippen molar-refractivity contribution >= 4 is 33.9 Å². The number of nitrogens with zero attached hydrogens (tertiary/aromatic N) is 2. The lowest BCUT2D eigenvalue weighted by molar-refractivity contribution is 0.0698. The summed E-state index contributed by atoms with van der Waals surface area (Å²) in [7, 11) is 1.58. The number of carbonyl (C=O) groups is 1. The van der Waals surface area contributed by atoms with E-state index < -0.39 is 5.97 Å². The second-order valence-electron chi connectivity index (χ2n) is 7.80. The summed E-state index contributed by atoms with van der Waals surface area (Å²) in [6, 6.07) is 10.5. The molecule has 0 saturated heterocycles. The number of thiophene rings is 1. The highest BCUT2D eigenvalue weighted by Crippen LogP contribution is 2.37. The summed E-state index contributed by atoms with van der Waals surface area (Å²) >= 11 is 1.14. The number of aromatic nitrogens is 2. The van der Waals surface area contributed by atoms with E-state index in [1.165, 1.54) is 6.07 Å². The van der Waals surface area contributed by atoms with Crippen LogP contribution in [-0.2, 0) is 6.54 Å². The molecular weight excluding hydrogens is 457 g/mol. The third-order valence-corrected chi connectivity index (χ3v) is 6.59. The maximum Gasteiger partial charge on any atom is 0.349 e. The minimum Gasteiger partial charge on any atom is -0.496 e. The summed E-state index contributed by atoms with van der Waals surface area (Å²) in [5.74, 6) is -0.323. The van der Waals surface area contributed by atoms with E-state index in [0.29, 0.717) is 47.3 Å². The number of rotatable bonds is 9. The normalized spacial score (nSPS) is 11.1. The largest absolute Gasteiger partial charge is 0.496 e. The summed E-state index contributed by atoms with van der Waals surface area (Å²) in [4.78, 5) is 17.0. The minimum absolute atomic E-state index is 0.155. The van der Waals surface area contributed by atoms with Crippen LogP contribution in [0.15, 0.2) is 36.4 Å². The van der Waals surface area contributed by atoms with Gasteiger partial charge in [-0.3, -0.25) is 4.98 Å². The zero-order valence-corrected chi connectivity index (χ0v) is 20.3. The van der Waals surface area contributed by atoms with Crippen molar-refractivity contribution in [1.29, 1.82) is 0 Å². The molecule has 0 spiro atoms. The Morgan fingerprint density at radius 1 is 1.21 bits per heavy atom. The summed E-state index contributed by atoms with van der Waals surface area (Å²) in [5.41, 5.74) is 3.77. The molecule has 0 atom stereocenters. The lowest BCUT2D eigenvalue weighted by atomic mass is 10.2. The third-order valence-electron chi connectivity index (χ3n) is 5.46. The quantitative estimate of drug-likeness (QED) is 0.316. The molecule has 4 aromatic rings. The molecular formula is C25H26FN3O4S. The molecule has 0 saturated carbocycles. The van der Waals surface area contributed by atoms with E-state index in [2.05, 4.69) is 10.3 Å². The number of aryl methyl sites for hydroxylation is 2. The van der Waals surface area contributed by atoms with Crippen LogP contribution in [0.4, 0.5) is 10.1 Å². The van der Waals surface area contributed by atoms with Gasteiger partial charge in [0.2, 0.25) is 0 Å². The number of anilines is 1. The number of pyridine rings is 1. The first-order valence-electron chi connectivity index (χ1n) is 10.9. The maximum absolute atomic E-state index is 14.6. The molecule has 178 valence electrons. The summed E-state index contributed by atoms with van der Waals surface area (Å²) < 4.78 is 27.4. The Kier molecular flexibility index (Phi) is 6.74. The van der Waals surface area contributed by atoms with Gasteiger partial charge in [-0.2, -0.15) is 0 Å². The highest BCUT2D eigenvalue weighted by atomic mass is 32.1. The number of aromatic carboxylic acids is 1. The first kappa shape index (κ1) is 23.6. The Labute approximate surface area is 200 Å². The first-order chi connectivity index (χ1) is 16.3. The monoisotopic (exact) mass is 483 g/mol.